The Labute approximate surface area is 270 Å². The van der Waals surface area contributed by atoms with Gasteiger partial charge >= 0.3 is 5.97 Å². The molecular formula is C37H43N5O4. The molecule has 1 aliphatic carbocycles. The number of aliphatic hydroxyl groups excluding tert-OH is 1. The molecule has 9 heteroatoms. The van der Waals surface area contributed by atoms with Crippen LogP contribution in [0.5, 0.6) is 0 Å². The number of aromatic nitrogens is 3. The number of nitrogens with one attached hydrogen (secondary N) is 1. The molecule has 9 nitrogen and oxygen atoms in total. The van der Waals surface area contributed by atoms with Crippen LogP contribution in [0, 0.1) is 0 Å². The molecule has 1 unspecified atom stereocenters. The Balaban J connectivity index is 1.23. The lowest BCUT2D eigenvalue weighted by atomic mass is 9.85. The van der Waals surface area contributed by atoms with Crippen LogP contribution in [0.15, 0.2) is 60.8 Å². The van der Waals surface area contributed by atoms with Gasteiger partial charge in [0, 0.05) is 24.3 Å². The first-order chi connectivity index (χ1) is 22.3. The fourth-order valence-electron chi connectivity index (χ4n) is 7.23. The van der Waals surface area contributed by atoms with Crippen molar-refractivity contribution in [3.05, 3.63) is 94.3 Å². The summed E-state index contributed by atoms with van der Waals surface area (Å²) in [6.45, 7) is 7.32. The van der Waals surface area contributed by atoms with E-state index in [1.54, 1.807) is 4.68 Å². The Morgan fingerprint density at radius 1 is 1.00 bits per heavy atom. The molecule has 0 radical (unpaired) electrons. The lowest BCUT2D eigenvalue weighted by Gasteiger charge is -2.34. The highest BCUT2D eigenvalue weighted by Crippen LogP contribution is 2.41. The minimum Gasteiger partial charge on any atom is -0.478 e. The molecule has 240 valence electrons. The van der Waals surface area contributed by atoms with Gasteiger partial charge < -0.3 is 20.4 Å². The highest BCUT2D eigenvalue weighted by Gasteiger charge is 2.29. The zero-order valence-electron chi connectivity index (χ0n) is 26.9. The third-order valence-corrected chi connectivity index (χ3v) is 9.69. The van der Waals surface area contributed by atoms with Gasteiger partial charge in [0.1, 0.15) is 11.7 Å². The summed E-state index contributed by atoms with van der Waals surface area (Å²) in [6.07, 6.45) is 6.17. The minimum atomic E-state index is -0.988. The minimum absolute atomic E-state index is 0.126. The second kappa shape index (κ2) is 13.5. The molecule has 2 aromatic carbocycles. The molecule has 1 fully saturated rings. The largest absolute Gasteiger partial charge is 0.478 e. The molecule has 46 heavy (non-hydrogen) atoms. The first-order valence-corrected chi connectivity index (χ1v) is 16.6. The number of pyridine rings is 1. The van der Waals surface area contributed by atoms with Crippen LogP contribution in [0.3, 0.4) is 0 Å². The smallest absolute Gasteiger partial charge is 0.339 e. The summed E-state index contributed by atoms with van der Waals surface area (Å²) in [5.74, 6) is -0.132. The molecule has 0 spiro atoms. The van der Waals surface area contributed by atoms with Crippen LogP contribution in [-0.4, -0.2) is 60.9 Å². The van der Waals surface area contributed by atoms with Crippen LogP contribution in [0.25, 0.3) is 17.1 Å². The van der Waals surface area contributed by atoms with E-state index in [1.165, 1.54) is 28.5 Å². The maximum Gasteiger partial charge on any atom is 0.339 e. The van der Waals surface area contributed by atoms with Crippen molar-refractivity contribution in [3.8, 4) is 17.1 Å². The van der Waals surface area contributed by atoms with Crippen molar-refractivity contribution < 1.29 is 19.8 Å². The van der Waals surface area contributed by atoms with Crippen molar-refractivity contribution in [1.29, 1.82) is 0 Å². The Kier molecular flexibility index (Phi) is 9.22. The number of likely N-dealkylation sites (tertiary alicyclic amines) is 1. The fourth-order valence-corrected chi connectivity index (χ4v) is 7.23. The zero-order valence-corrected chi connectivity index (χ0v) is 26.9. The van der Waals surface area contributed by atoms with Gasteiger partial charge in [0.2, 0.25) is 0 Å². The number of aryl methyl sites for hydroxylation is 2. The molecule has 2 aromatic heterocycles. The Hall–Kier alpha value is -4.50. The maximum atomic E-state index is 12.5. The van der Waals surface area contributed by atoms with Crippen molar-refractivity contribution in [2.75, 3.05) is 18.4 Å². The number of aliphatic hydroxyl groups is 1. The molecule has 1 aliphatic heterocycles. The van der Waals surface area contributed by atoms with Crippen molar-refractivity contribution in [3.63, 3.8) is 0 Å². The van der Waals surface area contributed by atoms with Crippen molar-refractivity contribution >= 4 is 17.6 Å². The van der Waals surface area contributed by atoms with E-state index in [2.05, 4.69) is 53.7 Å². The highest BCUT2D eigenvalue weighted by molar-refractivity contribution is 5.88. The SMILES string of the molecule is CCc1cc(NC2CCc3cccc(-c4cccc(-n5ncc(C(=O)O)c5CC)n4)c32)ccc1C1CCN(C(=O)[C@@H](O)CC)CC1. The van der Waals surface area contributed by atoms with E-state index in [-0.39, 0.29) is 17.5 Å². The van der Waals surface area contributed by atoms with E-state index in [9.17, 15) is 19.8 Å². The lowest BCUT2D eigenvalue weighted by molar-refractivity contribution is -0.141. The van der Waals surface area contributed by atoms with E-state index >= 15 is 0 Å². The number of carbonyl (C=O) groups excluding carboxylic acids is 1. The van der Waals surface area contributed by atoms with Gasteiger partial charge in [-0.25, -0.2) is 14.5 Å². The highest BCUT2D eigenvalue weighted by atomic mass is 16.4. The molecule has 2 aliphatic rings. The molecule has 3 heterocycles. The number of aromatic carboxylic acids is 1. The summed E-state index contributed by atoms with van der Waals surface area (Å²) in [5.41, 5.74) is 9.08. The van der Waals surface area contributed by atoms with Crippen LogP contribution in [0.2, 0.25) is 0 Å². The molecule has 1 amide bonds. The Morgan fingerprint density at radius 2 is 1.78 bits per heavy atom. The molecule has 2 atom stereocenters. The molecule has 1 saturated heterocycles. The average Bonchev–Trinajstić information content (AvgIpc) is 3.72. The second-order valence-corrected chi connectivity index (χ2v) is 12.4. The van der Waals surface area contributed by atoms with Crippen LogP contribution < -0.4 is 5.32 Å². The quantitative estimate of drug-likeness (QED) is 0.189. The molecule has 0 saturated carbocycles. The van der Waals surface area contributed by atoms with E-state index < -0.39 is 12.1 Å². The van der Waals surface area contributed by atoms with Gasteiger partial charge in [-0.1, -0.05) is 51.1 Å². The number of benzene rings is 2. The predicted molar refractivity (Wildman–Crippen MR) is 178 cm³/mol. The van der Waals surface area contributed by atoms with Gasteiger partial charge in [-0.15, -0.1) is 0 Å². The normalized spacial score (nSPS) is 17.1. The van der Waals surface area contributed by atoms with Gasteiger partial charge in [-0.05, 0) is 97.4 Å². The maximum absolute atomic E-state index is 12.5. The number of carbonyl (C=O) groups is 2. The summed E-state index contributed by atoms with van der Waals surface area (Å²) >= 11 is 0. The third-order valence-electron chi connectivity index (χ3n) is 9.69. The van der Waals surface area contributed by atoms with Gasteiger partial charge in [0.25, 0.3) is 5.91 Å². The molecule has 4 aromatic rings. The summed E-state index contributed by atoms with van der Waals surface area (Å²) in [5, 5.41) is 27.8. The molecule has 0 bridgehead atoms. The third kappa shape index (κ3) is 6.03. The Bertz CT molecular complexity index is 1740. The first-order valence-electron chi connectivity index (χ1n) is 16.6. The number of rotatable bonds is 10. The average molecular weight is 622 g/mol. The molecule has 3 N–H and O–H groups in total. The van der Waals surface area contributed by atoms with E-state index in [1.807, 2.05) is 36.9 Å². The van der Waals surface area contributed by atoms with Gasteiger partial charge in [0.15, 0.2) is 5.82 Å². The molecular weight excluding hydrogens is 578 g/mol. The van der Waals surface area contributed by atoms with E-state index in [0.29, 0.717) is 43.4 Å². The summed E-state index contributed by atoms with van der Waals surface area (Å²) in [6, 6.07) is 19.1. The number of piperidine rings is 1. The van der Waals surface area contributed by atoms with Gasteiger partial charge in [-0.2, -0.15) is 5.10 Å². The van der Waals surface area contributed by atoms with Gasteiger partial charge in [0.05, 0.1) is 23.6 Å². The van der Waals surface area contributed by atoms with E-state index in [0.717, 1.165) is 49.0 Å². The van der Waals surface area contributed by atoms with Crippen molar-refractivity contribution in [2.24, 2.45) is 0 Å². The number of anilines is 1. The number of hydrogen-bond donors (Lipinski definition) is 3. The summed E-state index contributed by atoms with van der Waals surface area (Å²) in [7, 11) is 0. The topological polar surface area (TPSA) is 121 Å². The number of carboxylic acids is 1. The monoisotopic (exact) mass is 621 g/mol. The first kappa shape index (κ1) is 31.5. The van der Waals surface area contributed by atoms with Crippen LogP contribution >= 0.6 is 0 Å². The van der Waals surface area contributed by atoms with E-state index in [4.69, 9.17) is 4.98 Å². The van der Waals surface area contributed by atoms with Crippen molar-refractivity contribution in [2.45, 2.75) is 83.8 Å². The zero-order chi connectivity index (χ0) is 32.4. The predicted octanol–water partition coefficient (Wildman–Crippen LogP) is 6.33. The standard InChI is InChI=1S/C37H43N5O4/c1-4-23-21-26(14-15-27(23)24-17-19-41(20-18-24)36(44)33(43)6-3)39-31-16-13-25-9-7-10-28(35(25)31)30-11-8-12-34(40-30)42-32(5-2)29(22-38-42)37(45)46/h7-12,14-15,21-22,24,31,33,39,43H,4-6,13,16-20H2,1-3H3,(H,45,46)/t31?,33-/m0/s1. The number of hydrogen-bond acceptors (Lipinski definition) is 6. The van der Waals surface area contributed by atoms with Crippen LogP contribution in [-0.2, 0) is 24.1 Å². The van der Waals surface area contributed by atoms with Crippen LogP contribution in [0.4, 0.5) is 5.69 Å². The number of nitrogens with zero attached hydrogens (tertiary/aromatic N) is 4. The number of carboxylic acid groups (broad SMARTS) is 1. The number of fused-ring (bicyclic) bond motifs is 1. The Morgan fingerprint density at radius 3 is 2.50 bits per heavy atom. The summed E-state index contributed by atoms with van der Waals surface area (Å²) in [4.78, 5) is 31.0. The van der Waals surface area contributed by atoms with Crippen molar-refractivity contribution in [1.82, 2.24) is 19.7 Å². The van der Waals surface area contributed by atoms with Crippen LogP contribution in [0.1, 0.15) is 96.7 Å². The van der Waals surface area contributed by atoms with Gasteiger partial charge in [-0.3, -0.25) is 4.79 Å². The number of amides is 1. The lowest BCUT2D eigenvalue weighted by Crippen LogP contribution is -2.43. The summed E-state index contributed by atoms with van der Waals surface area (Å²) < 4.78 is 1.63. The second-order valence-electron chi connectivity index (χ2n) is 12.4. The molecule has 6 rings (SSSR count). The fraction of sp³-hybridized carbons (Fsp3) is 0.405.